The van der Waals surface area contributed by atoms with Gasteiger partial charge in [-0.2, -0.15) is 0 Å². The third-order valence-corrected chi connectivity index (χ3v) is 4.44. The Balaban J connectivity index is 1.83. The smallest absolute Gasteiger partial charge is 0.369 e. The summed E-state index contributed by atoms with van der Waals surface area (Å²) in [6.45, 7) is 2.98. The number of carbonyl (C=O) groups is 1. The van der Waals surface area contributed by atoms with Crippen LogP contribution < -0.4 is 0 Å². The highest BCUT2D eigenvalue weighted by atomic mass is 32.2. The normalized spacial score (nSPS) is 19.5. The average Bonchev–Trinajstić information content (AvgIpc) is 2.98. The van der Waals surface area contributed by atoms with Crippen LogP contribution in [0.5, 0.6) is 0 Å². The van der Waals surface area contributed by atoms with Crippen LogP contribution in [-0.2, 0) is 9.47 Å². The number of hydrogen-bond donors (Lipinski definition) is 0. The van der Waals surface area contributed by atoms with E-state index in [9.17, 15) is 4.79 Å². The van der Waals surface area contributed by atoms with Crippen LogP contribution in [0.15, 0.2) is 4.34 Å². The Hall–Kier alpha value is -0.660. The van der Waals surface area contributed by atoms with Crippen molar-refractivity contribution in [2.75, 3.05) is 19.0 Å². The summed E-state index contributed by atoms with van der Waals surface area (Å²) in [6.07, 6.45) is 2.56. The minimum absolute atomic E-state index is 0.315. The zero-order valence-corrected chi connectivity index (χ0v) is 11.2. The van der Waals surface area contributed by atoms with Crippen LogP contribution >= 0.6 is 23.1 Å². The van der Waals surface area contributed by atoms with E-state index in [1.165, 1.54) is 11.3 Å². The molecule has 1 aromatic heterocycles. The van der Waals surface area contributed by atoms with Gasteiger partial charge in [-0.15, -0.1) is 10.2 Å². The summed E-state index contributed by atoms with van der Waals surface area (Å²) in [4.78, 5) is 11.4. The van der Waals surface area contributed by atoms with E-state index in [0.29, 0.717) is 17.7 Å². The topological polar surface area (TPSA) is 61.3 Å². The highest BCUT2D eigenvalue weighted by Gasteiger charge is 2.18. The largest absolute Gasteiger partial charge is 0.461 e. The van der Waals surface area contributed by atoms with Gasteiger partial charge < -0.3 is 9.47 Å². The minimum Gasteiger partial charge on any atom is -0.461 e. The standard InChI is InChI=1S/C10H14N2O3S2/c1-2-14-9(13)8-11-12-10(17-8)16-6-7-4-3-5-15-7/h7H,2-6H2,1H3. The lowest BCUT2D eigenvalue weighted by molar-refractivity contribution is 0.0525. The highest BCUT2D eigenvalue weighted by molar-refractivity contribution is 8.01. The predicted octanol–water partition coefficient (Wildman–Crippen LogP) is 1.99. The summed E-state index contributed by atoms with van der Waals surface area (Å²) in [5.41, 5.74) is 0. The molecule has 0 aromatic carbocycles. The van der Waals surface area contributed by atoms with E-state index >= 15 is 0 Å². The average molecular weight is 274 g/mol. The van der Waals surface area contributed by atoms with Crippen molar-refractivity contribution in [3.05, 3.63) is 5.01 Å². The molecule has 2 heterocycles. The number of ether oxygens (including phenoxy) is 2. The molecule has 0 spiro atoms. The van der Waals surface area contributed by atoms with E-state index in [2.05, 4.69) is 10.2 Å². The number of rotatable bonds is 5. The Bertz CT molecular complexity index is 377. The van der Waals surface area contributed by atoms with Gasteiger partial charge in [0.1, 0.15) is 0 Å². The first-order valence-corrected chi connectivity index (χ1v) is 7.35. The number of carbonyl (C=O) groups excluding carboxylic acids is 1. The van der Waals surface area contributed by atoms with Crippen LogP contribution in [0.4, 0.5) is 0 Å². The summed E-state index contributed by atoms with van der Waals surface area (Å²) >= 11 is 2.86. The lowest BCUT2D eigenvalue weighted by Gasteiger charge is -2.05. The molecule has 1 aromatic rings. The van der Waals surface area contributed by atoms with Crippen molar-refractivity contribution in [2.24, 2.45) is 0 Å². The number of hydrogen-bond acceptors (Lipinski definition) is 7. The molecule has 1 fully saturated rings. The second kappa shape index (κ2) is 6.32. The summed E-state index contributed by atoms with van der Waals surface area (Å²) in [5, 5.41) is 8.09. The second-order valence-electron chi connectivity index (χ2n) is 3.54. The molecule has 0 bridgehead atoms. The van der Waals surface area contributed by atoms with Crippen molar-refractivity contribution in [3.63, 3.8) is 0 Å². The Kier molecular flexibility index (Phi) is 4.75. The van der Waals surface area contributed by atoms with Gasteiger partial charge in [-0.05, 0) is 19.8 Å². The number of thioether (sulfide) groups is 1. The fraction of sp³-hybridized carbons (Fsp3) is 0.700. The van der Waals surface area contributed by atoms with Gasteiger partial charge in [-0.3, -0.25) is 0 Å². The number of aromatic nitrogens is 2. The fourth-order valence-corrected chi connectivity index (χ4v) is 3.32. The maximum atomic E-state index is 11.4. The third kappa shape index (κ3) is 3.65. The van der Waals surface area contributed by atoms with Gasteiger partial charge in [0.25, 0.3) is 0 Å². The quantitative estimate of drug-likeness (QED) is 0.604. The van der Waals surface area contributed by atoms with Gasteiger partial charge in [0.05, 0.1) is 12.7 Å². The molecule has 1 aliphatic heterocycles. The van der Waals surface area contributed by atoms with Crippen LogP contribution in [0.25, 0.3) is 0 Å². The van der Waals surface area contributed by atoms with Gasteiger partial charge in [0.15, 0.2) is 4.34 Å². The molecule has 5 nitrogen and oxygen atoms in total. The molecule has 0 amide bonds. The zero-order chi connectivity index (χ0) is 12.1. The van der Waals surface area contributed by atoms with E-state index in [0.717, 1.165) is 29.5 Å². The van der Waals surface area contributed by atoms with E-state index < -0.39 is 5.97 Å². The van der Waals surface area contributed by atoms with Crippen LogP contribution in [0.2, 0.25) is 0 Å². The molecule has 94 valence electrons. The number of esters is 1. The molecule has 0 saturated carbocycles. The molecule has 7 heteroatoms. The monoisotopic (exact) mass is 274 g/mol. The van der Waals surface area contributed by atoms with E-state index in [1.54, 1.807) is 18.7 Å². The lowest BCUT2D eigenvalue weighted by Crippen LogP contribution is -2.07. The first kappa shape index (κ1) is 12.8. The van der Waals surface area contributed by atoms with E-state index in [4.69, 9.17) is 9.47 Å². The molecule has 1 unspecified atom stereocenters. The Morgan fingerprint density at radius 3 is 3.24 bits per heavy atom. The van der Waals surface area contributed by atoms with Gasteiger partial charge in [-0.1, -0.05) is 23.1 Å². The summed E-state index contributed by atoms with van der Waals surface area (Å²) < 4.78 is 11.2. The van der Waals surface area contributed by atoms with Gasteiger partial charge in [-0.25, -0.2) is 4.79 Å². The molecule has 17 heavy (non-hydrogen) atoms. The van der Waals surface area contributed by atoms with Crippen molar-refractivity contribution < 1.29 is 14.3 Å². The SMILES string of the molecule is CCOC(=O)c1nnc(SCC2CCCO2)s1. The van der Waals surface area contributed by atoms with Crippen LogP contribution in [-0.4, -0.2) is 41.2 Å². The van der Waals surface area contributed by atoms with E-state index in [-0.39, 0.29) is 0 Å². The molecule has 1 atom stereocenters. The van der Waals surface area contributed by atoms with Crippen LogP contribution in [0.1, 0.15) is 29.6 Å². The molecule has 0 aliphatic carbocycles. The molecule has 1 aliphatic rings. The van der Waals surface area contributed by atoms with E-state index in [1.807, 2.05) is 0 Å². The Labute approximate surface area is 108 Å². The first-order valence-electron chi connectivity index (χ1n) is 5.54. The number of nitrogens with zero attached hydrogens (tertiary/aromatic N) is 2. The Morgan fingerprint density at radius 2 is 2.53 bits per heavy atom. The predicted molar refractivity (Wildman–Crippen MR) is 65.6 cm³/mol. The fourth-order valence-electron chi connectivity index (χ4n) is 1.48. The zero-order valence-electron chi connectivity index (χ0n) is 9.55. The lowest BCUT2D eigenvalue weighted by atomic mass is 10.3. The third-order valence-electron chi connectivity index (χ3n) is 2.27. The van der Waals surface area contributed by atoms with Crippen molar-refractivity contribution in [2.45, 2.75) is 30.2 Å². The summed E-state index contributed by atoms with van der Waals surface area (Å²) in [5.74, 6) is 0.478. The molecule has 0 N–H and O–H groups in total. The molecule has 1 saturated heterocycles. The summed E-state index contributed by atoms with van der Waals surface area (Å²) in [7, 11) is 0. The molecule has 2 rings (SSSR count). The van der Waals surface area contributed by atoms with Crippen LogP contribution in [0, 0.1) is 0 Å². The second-order valence-corrected chi connectivity index (χ2v) is 5.78. The van der Waals surface area contributed by atoms with Crippen molar-refractivity contribution in [1.29, 1.82) is 0 Å². The first-order chi connectivity index (χ1) is 8.29. The van der Waals surface area contributed by atoms with Crippen molar-refractivity contribution in [3.8, 4) is 0 Å². The molecular weight excluding hydrogens is 260 g/mol. The maximum absolute atomic E-state index is 11.4. The van der Waals surface area contributed by atoms with Gasteiger partial charge >= 0.3 is 5.97 Å². The van der Waals surface area contributed by atoms with Gasteiger partial charge in [0.2, 0.25) is 5.01 Å². The molecular formula is C10H14N2O3S2. The highest BCUT2D eigenvalue weighted by Crippen LogP contribution is 2.26. The molecule has 0 radical (unpaired) electrons. The van der Waals surface area contributed by atoms with Gasteiger partial charge in [0, 0.05) is 12.4 Å². The van der Waals surface area contributed by atoms with Crippen LogP contribution in [0.3, 0.4) is 0 Å². The summed E-state index contributed by atoms with van der Waals surface area (Å²) in [6, 6.07) is 0. The van der Waals surface area contributed by atoms with Crippen molar-refractivity contribution in [1.82, 2.24) is 10.2 Å². The Morgan fingerprint density at radius 1 is 1.65 bits per heavy atom. The van der Waals surface area contributed by atoms with Crippen molar-refractivity contribution >= 4 is 29.1 Å². The minimum atomic E-state index is -0.394. The maximum Gasteiger partial charge on any atom is 0.369 e.